The number of urea groups is 1. The maximum absolute atomic E-state index is 9.80. The summed E-state index contributed by atoms with van der Waals surface area (Å²) in [6, 6.07) is -0.769. The van der Waals surface area contributed by atoms with E-state index in [9.17, 15) is 10.0 Å². The second-order valence-electron chi connectivity index (χ2n) is 0.701. The minimum atomic E-state index is -0.769. The van der Waals surface area contributed by atoms with Crippen molar-refractivity contribution in [3.05, 3.63) is 5.21 Å². The fraction of sp³-hybridized carbons (Fsp3) is 0. The van der Waals surface area contributed by atoms with Crippen molar-refractivity contribution >= 4 is 6.03 Å². The van der Waals surface area contributed by atoms with E-state index in [4.69, 9.17) is 0 Å². The Hall–Kier alpha value is -0.850. The van der Waals surface area contributed by atoms with Gasteiger partial charge >= 0.3 is 6.03 Å². The Bertz CT molecular complexity index is 62.7. The van der Waals surface area contributed by atoms with Gasteiger partial charge < -0.3 is 10.8 Å². The zero-order valence-corrected chi connectivity index (χ0v) is 3.39. The molecule has 6 heteroatoms. The monoisotopic (exact) mass is 105 g/mol. The molecule has 0 bridgehead atoms. The van der Waals surface area contributed by atoms with Gasteiger partial charge in [0.05, 0.1) is 0 Å². The van der Waals surface area contributed by atoms with Gasteiger partial charge in [0.1, 0.15) is 0 Å². The van der Waals surface area contributed by atoms with Crippen LogP contribution in [0.15, 0.2) is 0 Å². The smallest absolute Gasteiger partial charge is 0.342 e. The largest absolute Gasteiger partial charge is 0.770 e. The van der Waals surface area contributed by atoms with Crippen molar-refractivity contribution in [2.24, 2.45) is 5.84 Å². The Morgan fingerprint density at radius 3 is 2.43 bits per heavy atom. The van der Waals surface area contributed by atoms with Crippen molar-refractivity contribution in [2.45, 2.75) is 0 Å². The van der Waals surface area contributed by atoms with Crippen molar-refractivity contribution in [2.75, 3.05) is 0 Å². The molecule has 0 aromatic heterocycles. The summed E-state index contributed by atoms with van der Waals surface area (Å²) in [6.45, 7) is 0. The minimum Gasteiger partial charge on any atom is -0.770 e. The molecule has 6 nitrogen and oxygen atoms in total. The third-order valence-electron chi connectivity index (χ3n) is 0.296. The molecule has 0 aliphatic rings. The van der Waals surface area contributed by atoms with Gasteiger partial charge in [0.2, 0.25) is 0 Å². The first-order valence-corrected chi connectivity index (χ1v) is 1.45. The van der Waals surface area contributed by atoms with E-state index in [-0.39, 0.29) is 0 Å². The molecule has 0 heterocycles. The highest BCUT2D eigenvalue weighted by molar-refractivity contribution is 5.72. The zero-order valence-electron chi connectivity index (χ0n) is 3.39. The lowest BCUT2D eigenvalue weighted by Crippen LogP contribution is -2.44. The second kappa shape index (κ2) is 3.34. The van der Waals surface area contributed by atoms with E-state index in [1.165, 1.54) is 0 Å². The number of carbonyl (C=O) groups excluding carboxylic acids is 1. The molecular weight excluding hydrogens is 100 g/mol. The molecule has 0 aromatic rings. The number of rotatable bonds is 1. The number of amides is 2. The topological polar surface area (TPSA) is 102 Å². The molecule has 7 heavy (non-hydrogen) atoms. The van der Waals surface area contributed by atoms with E-state index in [0.29, 0.717) is 0 Å². The van der Waals surface area contributed by atoms with Crippen molar-refractivity contribution in [1.29, 1.82) is 0 Å². The van der Waals surface area contributed by atoms with Gasteiger partial charge in [-0.25, -0.2) is 10.6 Å². The molecule has 2 amide bonds. The van der Waals surface area contributed by atoms with Gasteiger partial charge in [0.25, 0.3) is 0 Å². The highest BCUT2D eigenvalue weighted by atomic mass is 16.5. The van der Waals surface area contributed by atoms with Gasteiger partial charge in [-0.3, -0.25) is 10.9 Å². The molecule has 0 aliphatic carbocycles. The quantitative estimate of drug-likeness (QED) is 0.179. The normalized spacial score (nSPS) is 7.71. The molecule has 0 unspecified atom stereocenters. The summed E-state index contributed by atoms with van der Waals surface area (Å²) in [6.07, 6.45) is 0. The van der Waals surface area contributed by atoms with E-state index >= 15 is 0 Å². The Kier molecular flexibility index (Phi) is 2.94. The van der Waals surface area contributed by atoms with Gasteiger partial charge in [-0.1, -0.05) is 0 Å². The second-order valence-corrected chi connectivity index (χ2v) is 0.701. The molecule has 0 radical (unpaired) electrons. The van der Waals surface area contributed by atoms with Crippen LogP contribution in [-0.4, -0.2) is 6.03 Å². The number of nitrogens with two attached hydrogens (primary N) is 1. The number of hydrogen-bond donors (Lipinski definition) is 4. The van der Waals surface area contributed by atoms with Crippen molar-refractivity contribution in [3.63, 3.8) is 0 Å². The van der Waals surface area contributed by atoms with E-state index < -0.39 is 6.03 Å². The summed E-state index contributed by atoms with van der Waals surface area (Å²) in [4.78, 5) is 9.80. The number of hydrazine groups is 2. The Labute approximate surface area is 39.6 Å². The lowest BCUT2D eigenvalue weighted by Gasteiger charge is -2.06. The molecule has 0 rings (SSSR count). The summed E-state index contributed by atoms with van der Waals surface area (Å²) in [5, 5.41) is 9.22. The Morgan fingerprint density at radius 1 is 1.71 bits per heavy atom. The van der Waals surface area contributed by atoms with Crippen LogP contribution in [0.25, 0.3) is 0 Å². The molecule has 0 atom stereocenters. The fourth-order valence-electron chi connectivity index (χ4n) is 0.0824. The summed E-state index contributed by atoms with van der Waals surface area (Å²) in [5.74, 6) is 4.52. The van der Waals surface area contributed by atoms with Gasteiger partial charge in [0.15, 0.2) is 0 Å². The standard InChI is InChI=1S/CH5N4O2/c2-3-1(6)4-5-7/h5H,2H2,(H2,3,4,6)/q-1. The molecule has 42 valence electrons. The van der Waals surface area contributed by atoms with Gasteiger partial charge in [-0.15, -0.1) is 0 Å². The lowest BCUT2D eigenvalue weighted by atomic mass is 11.1. The third-order valence-corrected chi connectivity index (χ3v) is 0.296. The third kappa shape index (κ3) is 2.97. The molecular formula is CH5N4O2-. The minimum absolute atomic E-state index is 0.769. The van der Waals surface area contributed by atoms with Crippen LogP contribution >= 0.6 is 0 Å². The van der Waals surface area contributed by atoms with Crippen LogP contribution in [0.5, 0.6) is 0 Å². The SMILES string of the molecule is NNC(=O)NN[O-]. The van der Waals surface area contributed by atoms with Crippen molar-refractivity contribution in [3.8, 4) is 0 Å². The molecule has 0 saturated heterocycles. The molecule has 5 N–H and O–H groups in total. The van der Waals surface area contributed by atoms with Crippen LogP contribution in [-0.2, 0) is 0 Å². The molecule has 0 spiro atoms. The maximum Gasteiger partial charge on any atom is 0.342 e. The highest BCUT2D eigenvalue weighted by Gasteiger charge is 1.84. The summed E-state index contributed by atoms with van der Waals surface area (Å²) in [5.41, 5.74) is 4.39. The number of nitrogens with one attached hydrogen (secondary N) is 3. The average Bonchev–Trinajstić information content (AvgIpc) is 1.68. The summed E-state index contributed by atoms with van der Waals surface area (Å²) in [7, 11) is 0. The van der Waals surface area contributed by atoms with Crippen LogP contribution in [0.3, 0.4) is 0 Å². The van der Waals surface area contributed by atoms with E-state index in [0.717, 1.165) is 5.59 Å². The van der Waals surface area contributed by atoms with Gasteiger partial charge in [0, 0.05) is 0 Å². The van der Waals surface area contributed by atoms with Crippen molar-refractivity contribution in [1.82, 2.24) is 16.4 Å². The van der Waals surface area contributed by atoms with E-state index in [2.05, 4.69) is 5.84 Å². The van der Waals surface area contributed by atoms with Crippen LogP contribution < -0.4 is 22.3 Å². The van der Waals surface area contributed by atoms with Gasteiger partial charge in [-0.2, -0.15) is 0 Å². The predicted octanol–water partition coefficient (Wildman–Crippen LogP) is -1.84. The Balaban J connectivity index is 3.00. The summed E-state index contributed by atoms with van der Waals surface area (Å²) < 4.78 is 0. The maximum atomic E-state index is 9.80. The first kappa shape index (κ1) is 6.15. The van der Waals surface area contributed by atoms with Crippen LogP contribution in [0.2, 0.25) is 0 Å². The first-order chi connectivity index (χ1) is 3.31. The van der Waals surface area contributed by atoms with Crippen molar-refractivity contribution < 1.29 is 4.79 Å². The lowest BCUT2D eigenvalue weighted by molar-refractivity contribution is 0.239. The van der Waals surface area contributed by atoms with E-state index in [1.807, 2.05) is 0 Å². The zero-order chi connectivity index (χ0) is 5.70. The molecule has 0 saturated carbocycles. The number of hydrogen-bond acceptors (Lipinski definition) is 4. The predicted molar refractivity (Wildman–Crippen MR) is 22.4 cm³/mol. The fourth-order valence-corrected chi connectivity index (χ4v) is 0.0824. The van der Waals surface area contributed by atoms with Crippen LogP contribution in [0, 0.1) is 5.21 Å². The highest BCUT2D eigenvalue weighted by Crippen LogP contribution is 1.47. The van der Waals surface area contributed by atoms with Crippen LogP contribution in [0.4, 0.5) is 4.79 Å². The van der Waals surface area contributed by atoms with Gasteiger partial charge in [-0.05, 0) is 0 Å². The van der Waals surface area contributed by atoms with E-state index in [1.54, 1.807) is 10.9 Å². The first-order valence-electron chi connectivity index (χ1n) is 1.45. The molecule has 0 aliphatic heterocycles. The number of carbonyl (C=O) groups is 1. The summed E-state index contributed by atoms with van der Waals surface area (Å²) >= 11 is 0. The molecule has 0 fully saturated rings. The Morgan fingerprint density at radius 2 is 2.29 bits per heavy atom. The molecule has 0 aromatic carbocycles. The average molecular weight is 105 g/mol. The van der Waals surface area contributed by atoms with Crippen LogP contribution in [0.1, 0.15) is 0 Å².